The summed E-state index contributed by atoms with van der Waals surface area (Å²) in [6, 6.07) is 24.8. The molecular formula is C36H37BrFN3O6S. The molecule has 0 aromatic heterocycles. The lowest BCUT2D eigenvalue weighted by Crippen LogP contribution is -2.53. The minimum absolute atomic E-state index is 0.0200. The molecule has 1 atom stereocenters. The Kier molecular flexibility index (Phi) is 11.4. The highest BCUT2D eigenvalue weighted by atomic mass is 79.9. The fraction of sp³-hybridized carbons (Fsp3) is 0.278. The largest absolute Gasteiger partial charge is 0.486 e. The van der Waals surface area contributed by atoms with E-state index >= 15 is 0 Å². The van der Waals surface area contributed by atoms with Crippen molar-refractivity contribution < 1.29 is 31.9 Å². The third-order valence-electron chi connectivity index (χ3n) is 7.69. The summed E-state index contributed by atoms with van der Waals surface area (Å²) in [7, 11) is -4.42. The highest BCUT2D eigenvalue weighted by Gasteiger charge is 2.35. The van der Waals surface area contributed by atoms with Crippen LogP contribution < -0.4 is 19.1 Å². The van der Waals surface area contributed by atoms with Crippen molar-refractivity contribution in [2.75, 3.05) is 30.6 Å². The molecule has 1 N–H and O–H groups in total. The number of anilines is 1. The molecular weight excluding hydrogens is 701 g/mol. The molecule has 0 radical (unpaired) electrons. The first-order valence-electron chi connectivity index (χ1n) is 15.5. The standard InChI is InChI=1S/C36H37BrFN3O6S/c1-25(2)22-39-36(43)32(20-26-7-4-3-5-8-26)40(23-27-9-6-10-28(37)19-27)35(42)24-41(30-13-11-29(38)12-14-30)48(44,45)31-15-16-33-34(21-31)47-18-17-46-33/h3-16,19,21,25,32H,17-18,20,22-24H2,1-2H3,(H,39,43). The summed E-state index contributed by atoms with van der Waals surface area (Å²) >= 11 is 3.48. The molecule has 0 aliphatic carbocycles. The first-order valence-corrected chi connectivity index (χ1v) is 17.8. The van der Waals surface area contributed by atoms with E-state index in [9.17, 15) is 22.4 Å². The summed E-state index contributed by atoms with van der Waals surface area (Å²) in [4.78, 5) is 29.7. The monoisotopic (exact) mass is 737 g/mol. The summed E-state index contributed by atoms with van der Waals surface area (Å²) < 4.78 is 55.6. The number of fused-ring (bicyclic) bond motifs is 1. The Hall–Kier alpha value is -4.42. The predicted octanol–water partition coefficient (Wildman–Crippen LogP) is 5.97. The number of hydrogen-bond donors (Lipinski definition) is 1. The van der Waals surface area contributed by atoms with Crippen molar-refractivity contribution in [3.8, 4) is 11.5 Å². The number of carbonyl (C=O) groups is 2. The van der Waals surface area contributed by atoms with E-state index in [-0.39, 0.29) is 47.7 Å². The molecule has 0 fully saturated rings. The number of nitrogens with zero attached hydrogens (tertiary/aromatic N) is 2. The van der Waals surface area contributed by atoms with Gasteiger partial charge >= 0.3 is 0 Å². The van der Waals surface area contributed by atoms with Crippen LogP contribution in [0.2, 0.25) is 0 Å². The van der Waals surface area contributed by atoms with Gasteiger partial charge in [0, 0.05) is 30.0 Å². The molecule has 0 saturated heterocycles. The number of ether oxygens (including phenoxy) is 2. The van der Waals surface area contributed by atoms with Gasteiger partial charge < -0.3 is 19.7 Å². The zero-order valence-corrected chi connectivity index (χ0v) is 29.0. The molecule has 4 aromatic rings. The van der Waals surface area contributed by atoms with E-state index in [1.165, 1.54) is 35.2 Å². The number of rotatable bonds is 13. The number of sulfonamides is 1. The Balaban J connectivity index is 1.57. The average molecular weight is 739 g/mol. The van der Waals surface area contributed by atoms with Crippen molar-refractivity contribution in [3.63, 3.8) is 0 Å². The van der Waals surface area contributed by atoms with E-state index in [1.807, 2.05) is 68.4 Å². The average Bonchev–Trinajstić information content (AvgIpc) is 3.08. The highest BCUT2D eigenvalue weighted by molar-refractivity contribution is 9.10. The molecule has 0 bridgehead atoms. The molecule has 0 saturated carbocycles. The molecule has 1 aliphatic rings. The van der Waals surface area contributed by atoms with Crippen LogP contribution in [0.1, 0.15) is 25.0 Å². The van der Waals surface area contributed by atoms with Crippen LogP contribution in [-0.4, -0.2) is 57.5 Å². The fourth-order valence-corrected chi connectivity index (χ4v) is 7.13. The summed E-state index contributed by atoms with van der Waals surface area (Å²) in [6.07, 6.45) is 0.190. The molecule has 2 amide bonds. The number of benzene rings is 4. The summed E-state index contributed by atoms with van der Waals surface area (Å²) in [6.45, 7) is 4.27. The predicted molar refractivity (Wildman–Crippen MR) is 185 cm³/mol. The molecule has 252 valence electrons. The van der Waals surface area contributed by atoms with Crippen LogP contribution in [0.5, 0.6) is 11.5 Å². The molecule has 1 unspecified atom stereocenters. The third kappa shape index (κ3) is 8.73. The minimum atomic E-state index is -4.42. The van der Waals surface area contributed by atoms with Gasteiger partial charge in [-0.15, -0.1) is 0 Å². The molecule has 4 aromatic carbocycles. The number of nitrogens with one attached hydrogen (secondary N) is 1. The molecule has 0 spiro atoms. The Morgan fingerprint density at radius 3 is 2.25 bits per heavy atom. The summed E-state index contributed by atoms with van der Waals surface area (Å²) in [5, 5.41) is 2.97. The second kappa shape index (κ2) is 15.7. The first-order chi connectivity index (χ1) is 23.0. The second-order valence-electron chi connectivity index (χ2n) is 11.8. The van der Waals surface area contributed by atoms with E-state index in [0.717, 1.165) is 32.0 Å². The fourth-order valence-electron chi connectivity index (χ4n) is 5.26. The molecule has 12 heteroatoms. The van der Waals surface area contributed by atoms with Crippen LogP contribution in [0, 0.1) is 11.7 Å². The molecule has 5 rings (SSSR count). The van der Waals surface area contributed by atoms with Crippen LogP contribution >= 0.6 is 15.9 Å². The quantitative estimate of drug-likeness (QED) is 0.182. The van der Waals surface area contributed by atoms with E-state index in [4.69, 9.17) is 9.47 Å². The Labute approximate surface area is 288 Å². The van der Waals surface area contributed by atoms with Gasteiger partial charge in [0.05, 0.1) is 10.6 Å². The van der Waals surface area contributed by atoms with Gasteiger partial charge in [-0.25, -0.2) is 12.8 Å². The van der Waals surface area contributed by atoms with Gasteiger partial charge in [-0.1, -0.05) is 72.2 Å². The van der Waals surface area contributed by atoms with Crippen LogP contribution in [0.3, 0.4) is 0 Å². The smallest absolute Gasteiger partial charge is 0.264 e. The van der Waals surface area contributed by atoms with Gasteiger partial charge in [0.2, 0.25) is 11.8 Å². The van der Waals surface area contributed by atoms with Crippen LogP contribution in [0.15, 0.2) is 106 Å². The maximum Gasteiger partial charge on any atom is 0.264 e. The van der Waals surface area contributed by atoms with E-state index in [2.05, 4.69) is 21.2 Å². The van der Waals surface area contributed by atoms with Crippen LogP contribution in [0.25, 0.3) is 0 Å². The van der Waals surface area contributed by atoms with Gasteiger partial charge in [-0.3, -0.25) is 13.9 Å². The number of hydrogen-bond acceptors (Lipinski definition) is 6. The lowest BCUT2D eigenvalue weighted by atomic mass is 10.0. The van der Waals surface area contributed by atoms with Gasteiger partial charge in [0.1, 0.15) is 31.6 Å². The Morgan fingerprint density at radius 1 is 0.875 bits per heavy atom. The van der Waals surface area contributed by atoms with E-state index in [1.54, 1.807) is 0 Å². The lowest BCUT2D eigenvalue weighted by molar-refractivity contribution is -0.140. The number of amides is 2. The first kappa shape index (κ1) is 34.9. The molecule has 1 heterocycles. The minimum Gasteiger partial charge on any atom is -0.486 e. The maximum absolute atomic E-state index is 14.6. The zero-order chi connectivity index (χ0) is 34.3. The topological polar surface area (TPSA) is 105 Å². The second-order valence-corrected chi connectivity index (χ2v) is 14.6. The van der Waals surface area contributed by atoms with Crippen molar-refractivity contribution >= 4 is 43.5 Å². The van der Waals surface area contributed by atoms with E-state index in [0.29, 0.717) is 18.9 Å². The van der Waals surface area contributed by atoms with Crippen molar-refractivity contribution in [2.24, 2.45) is 5.92 Å². The lowest BCUT2D eigenvalue weighted by Gasteiger charge is -2.34. The Morgan fingerprint density at radius 2 is 1.56 bits per heavy atom. The van der Waals surface area contributed by atoms with Gasteiger partial charge in [-0.2, -0.15) is 0 Å². The Bertz CT molecular complexity index is 1840. The number of carbonyl (C=O) groups excluding carboxylic acids is 2. The normalized spacial score (nSPS) is 13.1. The van der Waals surface area contributed by atoms with Crippen LogP contribution in [0.4, 0.5) is 10.1 Å². The zero-order valence-electron chi connectivity index (χ0n) is 26.6. The summed E-state index contributed by atoms with van der Waals surface area (Å²) in [5.74, 6) is -0.733. The third-order valence-corrected chi connectivity index (χ3v) is 9.96. The maximum atomic E-state index is 14.6. The molecule has 48 heavy (non-hydrogen) atoms. The van der Waals surface area contributed by atoms with Crippen molar-refractivity contribution in [3.05, 3.63) is 118 Å². The van der Waals surface area contributed by atoms with Gasteiger partial charge in [0.25, 0.3) is 10.0 Å². The SMILES string of the molecule is CC(C)CNC(=O)C(Cc1ccccc1)N(Cc1cccc(Br)c1)C(=O)CN(c1ccc(F)cc1)S(=O)(=O)c1ccc2c(c1)OCCO2. The summed E-state index contributed by atoms with van der Waals surface area (Å²) in [5.41, 5.74) is 1.63. The molecule has 1 aliphatic heterocycles. The van der Waals surface area contributed by atoms with Crippen LogP contribution in [-0.2, 0) is 32.6 Å². The van der Waals surface area contributed by atoms with E-state index < -0.39 is 34.3 Å². The van der Waals surface area contributed by atoms with Gasteiger partial charge in [0.15, 0.2) is 11.5 Å². The molecule has 9 nitrogen and oxygen atoms in total. The van der Waals surface area contributed by atoms with Crippen molar-refractivity contribution in [1.82, 2.24) is 10.2 Å². The van der Waals surface area contributed by atoms with Gasteiger partial charge in [-0.05, 0) is 65.6 Å². The number of halogens is 2. The van der Waals surface area contributed by atoms with Crippen molar-refractivity contribution in [1.29, 1.82) is 0 Å². The highest BCUT2D eigenvalue weighted by Crippen LogP contribution is 2.34. The van der Waals surface area contributed by atoms with Crippen molar-refractivity contribution in [2.45, 2.75) is 37.8 Å².